The van der Waals surface area contributed by atoms with Crippen molar-refractivity contribution in [3.05, 3.63) is 30.1 Å². The van der Waals surface area contributed by atoms with Crippen LogP contribution in [-0.2, 0) is 11.2 Å². The first-order valence-electron chi connectivity index (χ1n) is 6.74. The van der Waals surface area contributed by atoms with E-state index in [1.165, 1.54) is 12.8 Å². The van der Waals surface area contributed by atoms with E-state index in [0.717, 1.165) is 25.1 Å². The van der Waals surface area contributed by atoms with Gasteiger partial charge in [0.1, 0.15) is 0 Å². The number of nitrogens with one attached hydrogen (secondary N) is 1. The van der Waals surface area contributed by atoms with E-state index in [1.807, 2.05) is 17.0 Å². The van der Waals surface area contributed by atoms with Gasteiger partial charge in [-0.2, -0.15) is 0 Å². The second-order valence-electron chi connectivity index (χ2n) is 5.30. The molecular weight excluding hydrogens is 226 g/mol. The maximum absolute atomic E-state index is 12.3. The van der Waals surface area contributed by atoms with Gasteiger partial charge >= 0.3 is 0 Å². The molecular formula is C14H19N3O. The Kier molecular flexibility index (Phi) is 3.28. The quantitative estimate of drug-likeness (QED) is 0.844. The number of aromatic nitrogens is 1. The van der Waals surface area contributed by atoms with Crippen LogP contribution in [0.5, 0.6) is 0 Å². The van der Waals surface area contributed by atoms with Crippen molar-refractivity contribution in [3.8, 4) is 0 Å². The van der Waals surface area contributed by atoms with Gasteiger partial charge in [0.15, 0.2) is 0 Å². The summed E-state index contributed by atoms with van der Waals surface area (Å²) in [6, 6.07) is 4.99. The summed E-state index contributed by atoms with van der Waals surface area (Å²) in [4.78, 5) is 18.3. The molecule has 2 bridgehead atoms. The second kappa shape index (κ2) is 5.06. The molecule has 2 aliphatic heterocycles. The maximum Gasteiger partial charge on any atom is 0.227 e. The zero-order chi connectivity index (χ0) is 12.4. The first-order chi connectivity index (χ1) is 8.81. The molecule has 1 amide bonds. The Morgan fingerprint density at radius 1 is 1.39 bits per heavy atom. The Balaban J connectivity index is 1.62. The van der Waals surface area contributed by atoms with Crippen LogP contribution in [0.1, 0.15) is 24.8 Å². The third kappa shape index (κ3) is 2.53. The van der Waals surface area contributed by atoms with Crippen molar-refractivity contribution in [1.29, 1.82) is 0 Å². The summed E-state index contributed by atoms with van der Waals surface area (Å²) < 4.78 is 0. The smallest absolute Gasteiger partial charge is 0.227 e. The van der Waals surface area contributed by atoms with Gasteiger partial charge in [0.05, 0.1) is 6.42 Å². The number of hydrogen-bond donors (Lipinski definition) is 1. The molecule has 4 nitrogen and oxygen atoms in total. The zero-order valence-corrected chi connectivity index (χ0v) is 10.5. The molecule has 4 heteroatoms. The highest BCUT2D eigenvalue weighted by molar-refractivity contribution is 5.78. The van der Waals surface area contributed by atoms with E-state index in [0.29, 0.717) is 18.5 Å². The fraction of sp³-hybridized carbons (Fsp3) is 0.571. The number of pyridine rings is 1. The van der Waals surface area contributed by atoms with E-state index in [1.54, 1.807) is 12.4 Å². The molecule has 3 heterocycles. The predicted molar refractivity (Wildman–Crippen MR) is 69.1 cm³/mol. The normalized spacial score (nSPS) is 27.0. The van der Waals surface area contributed by atoms with Crippen molar-refractivity contribution in [2.45, 2.75) is 37.8 Å². The molecule has 1 aromatic heterocycles. The number of likely N-dealkylation sites (tertiary alicyclic amines) is 1. The lowest BCUT2D eigenvalue weighted by Crippen LogP contribution is -2.39. The fourth-order valence-electron chi connectivity index (χ4n) is 2.96. The lowest BCUT2D eigenvalue weighted by atomic mass is 10.1. The Morgan fingerprint density at radius 2 is 2.28 bits per heavy atom. The molecule has 96 valence electrons. The first-order valence-corrected chi connectivity index (χ1v) is 6.74. The predicted octanol–water partition coefficient (Wildman–Crippen LogP) is 0.977. The summed E-state index contributed by atoms with van der Waals surface area (Å²) in [5.74, 6) is 0.234. The summed E-state index contributed by atoms with van der Waals surface area (Å²) in [5, 5.41) is 3.60. The summed E-state index contributed by atoms with van der Waals surface area (Å²) in [6.45, 7) is 1.77. The van der Waals surface area contributed by atoms with Crippen molar-refractivity contribution in [3.63, 3.8) is 0 Å². The Bertz CT molecular complexity index is 420. The van der Waals surface area contributed by atoms with E-state index in [-0.39, 0.29) is 5.91 Å². The Morgan fingerprint density at radius 3 is 3.11 bits per heavy atom. The van der Waals surface area contributed by atoms with Crippen molar-refractivity contribution >= 4 is 5.91 Å². The molecule has 18 heavy (non-hydrogen) atoms. The molecule has 2 atom stereocenters. The number of hydrogen-bond acceptors (Lipinski definition) is 3. The lowest BCUT2D eigenvalue weighted by molar-refractivity contribution is -0.130. The van der Waals surface area contributed by atoms with Crippen LogP contribution in [0.2, 0.25) is 0 Å². The van der Waals surface area contributed by atoms with Crippen LogP contribution in [0.25, 0.3) is 0 Å². The Labute approximate surface area is 107 Å². The highest BCUT2D eigenvalue weighted by Crippen LogP contribution is 2.20. The SMILES string of the molecule is O=C(Cc1cccnc1)N1CCC2CCC(C1)N2. The minimum absolute atomic E-state index is 0.234. The van der Waals surface area contributed by atoms with Crippen molar-refractivity contribution in [1.82, 2.24) is 15.2 Å². The molecule has 3 rings (SSSR count). The van der Waals surface area contributed by atoms with E-state index in [2.05, 4.69) is 10.3 Å². The van der Waals surface area contributed by atoms with Gasteiger partial charge in [0.2, 0.25) is 5.91 Å². The average Bonchev–Trinajstić information content (AvgIpc) is 2.70. The molecule has 1 N–H and O–H groups in total. The molecule has 0 spiro atoms. The molecule has 0 aliphatic carbocycles. The third-order valence-corrected chi connectivity index (χ3v) is 3.95. The maximum atomic E-state index is 12.3. The van der Waals surface area contributed by atoms with Gasteiger partial charge in [0.25, 0.3) is 0 Å². The largest absolute Gasteiger partial charge is 0.341 e. The van der Waals surface area contributed by atoms with Gasteiger partial charge in [0, 0.05) is 37.6 Å². The van der Waals surface area contributed by atoms with Crippen molar-refractivity contribution in [2.75, 3.05) is 13.1 Å². The van der Waals surface area contributed by atoms with Crippen LogP contribution in [0, 0.1) is 0 Å². The first kappa shape index (κ1) is 11.7. The standard InChI is InChI=1S/C14H19N3O/c18-14(8-11-2-1-6-15-9-11)17-7-5-12-3-4-13(10-17)16-12/h1-2,6,9,12-13,16H,3-5,7-8,10H2. The number of carbonyl (C=O) groups is 1. The van der Waals surface area contributed by atoms with E-state index >= 15 is 0 Å². The number of rotatable bonds is 2. The molecule has 2 fully saturated rings. The van der Waals surface area contributed by atoms with Crippen LogP contribution < -0.4 is 5.32 Å². The number of fused-ring (bicyclic) bond motifs is 2. The number of nitrogens with zero attached hydrogens (tertiary/aromatic N) is 2. The van der Waals surface area contributed by atoms with E-state index in [9.17, 15) is 4.79 Å². The van der Waals surface area contributed by atoms with Crippen LogP contribution in [0.4, 0.5) is 0 Å². The van der Waals surface area contributed by atoms with E-state index in [4.69, 9.17) is 0 Å². The van der Waals surface area contributed by atoms with Crippen molar-refractivity contribution in [2.24, 2.45) is 0 Å². The van der Waals surface area contributed by atoms with Crippen LogP contribution in [-0.4, -0.2) is 41.0 Å². The Hall–Kier alpha value is -1.42. The molecule has 0 aromatic carbocycles. The van der Waals surface area contributed by atoms with Gasteiger partial charge in [-0.1, -0.05) is 6.07 Å². The molecule has 2 saturated heterocycles. The number of carbonyl (C=O) groups excluding carboxylic acids is 1. The van der Waals surface area contributed by atoms with Gasteiger partial charge in [-0.15, -0.1) is 0 Å². The van der Waals surface area contributed by atoms with Gasteiger partial charge in [-0.3, -0.25) is 9.78 Å². The zero-order valence-electron chi connectivity index (χ0n) is 10.5. The highest BCUT2D eigenvalue weighted by Gasteiger charge is 2.30. The summed E-state index contributed by atoms with van der Waals surface area (Å²) in [7, 11) is 0. The minimum Gasteiger partial charge on any atom is -0.341 e. The van der Waals surface area contributed by atoms with Crippen LogP contribution in [0.15, 0.2) is 24.5 Å². The topological polar surface area (TPSA) is 45.2 Å². The van der Waals surface area contributed by atoms with Crippen LogP contribution in [0.3, 0.4) is 0 Å². The van der Waals surface area contributed by atoms with Crippen molar-refractivity contribution < 1.29 is 4.79 Å². The lowest BCUT2D eigenvalue weighted by Gasteiger charge is -2.24. The highest BCUT2D eigenvalue weighted by atomic mass is 16.2. The van der Waals surface area contributed by atoms with Gasteiger partial charge < -0.3 is 10.2 Å². The molecule has 0 saturated carbocycles. The fourth-order valence-corrected chi connectivity index (χ4v) is 2.96. The summed E-state index contributed by atoms with van der Waals surface area (Å²) in [5.41, 5.74) is 1.00. The molecule has 2 unspecified atom stereocenters. The number of amides is 1. The monoisotopic (exact) mass is 245 g/mol. The minimum atomic E-state index is 0.234. The average molecular weight is 245 g/mol. The third-order valence-electron chi connectivity index (χ3n) is 3.95. The summed E-state index contributed by atoms with van der Waals surface area (Å²) in [6.07, 6.45) is 7.57. The van der Waals surface area contributed by atoms with E-state index < -0.39 is 0 Å². The molecule has 2 aliphatic rings. The van der Waals surface area contributed by atoms with Crippen LogP contribution >= 0.6 is 0 Å². The summed E-state index contributed by atoms with van der Waals surface area (Å²) >= 11 is 0. The molecule has 0 radical (unpaired) electrons. The van der Waals surface area contributed by atoms with Gasteiger partial charge in [-0.05, 0) is 30.9 Å². The molecule has 1 aromatic rings. The van der Waals surface area contributed by atoms with Gasteiger partial charge in [-0.25, -0.2) is 0 Å². The second-order valence-corrected chi connectivity index (χ2v) is 5.30.